The minimum Gasteiger partial charge on any atom is -0.392 e. The molecule has 1 aromatic rings. The number of nitrogens with zero attached hydrogens (tertiary/aromatic N) is 1. The van der Waals surface area contributed by atoms with Crippen molar-refractivity contribution in [1.82, 2.24) is 5.32 Å². The number of amides is 1. The van der Waals surface area contributed by atoms with Crippen LogP contribution in [0.4, 0.5) is 5.69 Å². The molecule has 1 amide bonds. The van der Waals surface area contributed by atoms with Crippen LogP contribution in [0.15, 0.2) is 18.2 Å². The fourth-order valence-corrected chi connectivity index (χ4v) is 1.16. The Morgan fingerprint density at radius 3 is 2.73 bits per heavy atom. The van der Waals surface area contributed by atoms with E-state index in [2.05, 4.69) is 5.32 Å². The fraction of sp³-hybridized carbons (Fsp3) is 0.222. The summed E-state index contributed by atoms with van der Waals surface area (Å²) in [5, 5.41) is 21.8. The summed E-state index contributed by atoms with van der Waals surface area (Å²) in [6, 6.07) is 3.76. The molecule has 0 aliphatic heterocycles. The van der Waals surface area contributed by atoms with Gasteiger partial charge in [0.25, 0.3) is 11.6 Å². The summed E-state index contributed by atoms with van der Waals surface area (Å²) in [7, 11) is 1.42. The average molecular weight is 210 g/mol. The zero-order valence-corrected chi connectivity index (χ0v) is 8.06. The van der Waals surface area contributed by atoms with Crippen LogP contribution in [-0.4, -0.2) is 23.0 Å². The van der Waals surface area contributed by atoms with E-state index in [1.807, 2.05) is 0 Å². The second-order valence-electron chi connectivity index (χ2n) is 2.84. The van der Waals surface area contributed by atoms with Crippen LogP contribution in [0.2, 0.25) is 0 Å². The van der Waals surface area contributed by atoms with Crippen molar-refractivity contribution in [3.05, 3.63) is 39.4 Å². The van der Waals surface area contributed by atoms with Crippen LogP contribution >= 0.6 is 0 Å². The molecule has 0 saturated carbocycles. The molecule has 0 bridgehead atoms. The van der Waals surface area contributed by atoms with E-state index in [-0.39, 0.29) is 17.9 Å². The summed E-state index contributed by atoms with van der Waals surface area (Å²) in [6.45, 7) is -0.333. The molecule has 0 aliphatic rings. The molecule has 6 heteroatoms. The Bertz CT molecular complexity index is 403. The maximum atomic E-state index is 11.3. The van der Waals surface area contributed by atoms with E-state index in [4.69, 9.17) is 5.11 Å². The first-order valence-electron chi connectivity index (χ1n) is 4.20. The molecule has 0 fully saturated rings. The Hall–Kier alpha value is -1.95. The highest BCUT2D eigenvalue weighted by atomic mass is 16.6. The van der Waals surface area contributed by atoms with Crippen LogP contribution in [0, 0.1) is 10.1 Å². The van der Waals surface area contributed by atoms with Gasteiger partial charge in [0.2, 0.25) is 0 Å². The normalized spacial score (nSPS) is 9.73. The van der Waals surface area contributed by atoms with Gasteiger partial charge in [0, 0.05) is 19.2 Å². The van der Waals surface area contributed by atoms with Crippen molar-refractivity contribution in [3.8, 4) is 0 Å². The lowest BCUT2D eigenvalue weighted by molar-refractivity contribution is -0.384. The number of benzene rings is 1. The molecule has 0 atom stereocenters. The van der Waals surface area contributed by atoms with Crippen LogP contribution in [-0.2, 0) is 6.61 Å². The first-order chi connectivity index (χ1) is 7.10. The molecule has 0 aliphatic carbocycles. The van der Waals surface area contributed by atoms with E-state index in [9.17, 15) is 14.9 Å². The molecule has 2 N–H and O–H groups in total. The van der Waals surface area contributed by atoms with E-state index in [0.717, 1.165) is 6.07 Å². The van der Waals surface area contributed by atoms with Gasteiger partial charge in [0.1, 0.15) is 0 Å². The standard InChI is InChI=1S/C9H10N2O4/c1-10-9(13)8-4-7(11(14)15)3-2-6(8)5-12/h2-4,12H,5H2,1H3,(H,10,13). The third-order valence-electron chi connectivity index (χ3n) is 1.95. The highest BCUT2D eigenvalue weighted by Gasteiger charge is 2.14. The number of rotatable bonds is 3. The van der Waals surface area contributed by atoms with Gasteiger partial charge < -0.3 is 10.4 Å². The number of carbonyl (C=O) groups excluding carboxylic acids is 1. The summed E-state index contributed by atoms with van der Waals surface area (Å²) in [4.78, 5) is 21.2. The summed E-state index contributed by atoms with van der Waals surface area (Å²) in [5.74, 6) is -0.456. The van der Waals surface area contributed by atoms with E-state index in [1.165, 1.54) is 19.2 Å². The predicted molar refractivity (Wildman–Crippen MR) is 52.4 cm³/mol. The van der Waals surface area contributed by atoms with Crippen molar-refractivity contribution < 1.29 is 14.8 Å². The van der Waals surface area contributed by atoms with Crippen molar-refractivity contribution in [1.29, 1.82) is 0 Å². The monoisotopic (exact) mass is 210 g/mol. The molecule has 15 heavy (non-hydrogen) atoms. The largest absolute Gasteiger partial charge is 0.392 e. The zero-order chi connectivity index (χ0) is 11.4. The Morgan fingerprint density at radius 1 is 1.60 bits per heavy atom. The quantitative estimate of drug-likeness (QED) is 0.559. The van der Waals surface area contributed by atoms with Gasteiger partial charge in [-0.1, -0.05) is 0 Å². The second kappa shape index (κ2) is 4.52. The zero-order valence-electron chi connectivity index (χ0n) is 8.06. The van der Waals surface area contributed by atoms with Crippen molar-refractivity contribution >= 4 is 11.6 Å². The maximum Gasteiger partial charge on any atom is 0.270 e. The molecule has 1 rings (SSSR count). The Kier molecular flexibility index (Phi) is 3.35. The third kappa shape index (κ3) is 2.29. The molecule has 0 saturated heterocycles. The highest BCUT2D eigenvalue weighted by molar-refractivity contribution is 5.96. The van der Waals surface area contributed by atoms with Gasteiger partial charge in [-0.3, -0.25) is 14.9 Å². The van der Waals surface area contributed by atoms with Crippen molar-refractivity contribution in [2.24, 2.45) is 0 Å². The molecule has 0 aromatic heterocycles. The minimum absolute atomic E-state index is 0.120. The van der Waals surface area contributed by atoms with Gasteiger partial charge in [-0.25, -0.2) is 0 Å². The summed E-state index contributed by atoms with van der Waals surface area (Å²) >= 11 is 0. The van der Waals surface area contributed by atoms with Gasteiger partial charge in [-0.2, -0.15) is 0 Å². The number of aliphatic hydroxyl groups is 1. The summed E-state index contributed by atoms with van der Waals surface area (Å²) in [5.41, 5.74) is 0.306. The molecular weight excluding hydrogens is 200 g/mol. The maximum absolute atomic E-state index is 11.3. The first kappa shape index (κ1) is 11.1. The number of hydrogen-bond donors (Lipinski definition) is 2. The van der Waals surface area contributed by atoms with E-state index < -0.39 is 10.8 Å². The van der Waals surface area contributed by atoms with Gasteiger partial charge in [0.15, 0.2) is 0 Å². The van der Waals surface area contributed by atoms with Gasteiger partial charge in [0.05, 0.1) is 17.1 Å². The molecule has 0 unspecified atom stereocenters. The van der Waals surface area contributed by atoms with E-state index >= 15 is 0 Å². The number of nitrogens with one attached hydrogen (secondary N) is 1. The second-order valence-corrected chi connectivity index (χ2v) is 2.84. The molecule has 1 aromatic carbocycles. The Morgan fingerprint density at radius 2 is 2.27 bits per heavy atom. The number of hydrogen-bond acceptors (Lipinski definition) is 4. The molecule has 80 valence electrons. The smallest absolute Gasteiger partial charge is 0.270 e. The van der Waals surface area contributed by atoms with Crippen LogP contribution < -0.4 is 5.32 Å². The lowest BCUT2D eigenvalue weighted by Gasteiger charge is -2.05. The van der Waals surface area contributed by atoms with Crippen LogP contribution in [0.3, 0.4) is 0 Å². The van der Waals surface area contributed by atoms with E-state index in [1.54, 1.807) is 0 Å². The topological polar surface area (TPSA) is 92.5 Å². The lowest BCUT2D eigenvalue weighted by atomic mass is 10.1. The number of nitro benzene ring substituents is 1. The van der Waals surface area contributed by atoms with Crippen LogP contribution in [0.5, 0.6) is 0 Å². The Balaban J connectivity index is 3.25. The van der Waals surface area contributed by atoms with E-state index in [0.29, 0.717) is 5.56 Å². The number of nitro groups is 1. The van der Waals surface area contributed by atoms with Gasteiger partial charge in [-0.15, -0.1) is 0 Å². The van der Waals surface area contributed by atoms with Crippen LogP contribution in [0.1, 0.15) is 15.9 Å². The average Bonchev–Trinajstić information content (AvgIpc) is 2.27. The van der Waals surface area contributed by atoms with Gasteiger partial charge >= 0.3 is 0 Å². The first-order valence-corrected chi connectivity index (χ1v) is 4.20. The summed E-state index contributed by atoms with van der Waals surface area (Å²) in [6.07, 6.45) is 0. The highest BCUT2D eigenvalue weighted by Crippen LogP contribution is 2.17. The minimum atomic E-state index is -0.590. The Labute approximate surface area is 85.7 Å². The lowest BCUT2D eigenvalue weighted by Crippen LogP contribution is -2.19. The summed E-state index contributed by atoms with van der Waals surface area (Å²) < 4.78 is 0. The van der Waals surface area contributed by atoms with Crippen molar-refractivity contribution in [3.63, 3.8) is 0 Å². The number of non-ortho nitro benzene ring substituents is 1. The number of aliphatic hydroxyl groups excluding tert-OH is 1. The van der Waals surface area contributed by atoms with Crippen molar-refractivity contribution in [2.45, 2.75) is 6.61 Å². The predicted octanol–water partition coefficient (Wildman–Crippen LogP) is 0.447. The molecule has 0 heterocycles. The molecule has 0 radical (unpaired) electrons. The fourth-order valence-electron chi connectivity index (χ4n) is 1.16. The SMILES string of the molecule is CNC(=O)c1cc([N+](=O)[O-])ccc1CO. The molecule has 0 spiro atoms. The van der Waals surface area contributed by atoms with Crippen LogP contribution in [0.25, 0.3) is 0 Å². The molecule has 6 nitrogen and oxygen atoms in total. The third-order valence-corrected chi connectivity index (χ3v) is 1.95. The number of carbonyl (C=O) groups is 1. The van der Waals surface area contributed by atoms with Crippen molar-refractivity contribution in [2.75, 3.05) is 7.05 Å². The van der Waals surface area contributed by atoms with Gasteiger partial charge in [-0.05, 0) is 11.6 Å². The molecular formula is C9H10N2O4.